The number of likely N-dealkylation sites (N-methyl/N-ethyl adjacent to an activating group) is 2. The Kier molecular flexibility index (Phi) is 6.36. The maximum Gasteiger partial charge on any atom is 0.121 e. The fourth-order valence-corrected chi connectivity index (χ4v) is 3.18. The van der Waals surface area contributed by atoms with Gasteiger partial charge in [-0.1, -0.05) is 13.8 Å². The van der Waals surface area contributed by atoms with Crippen LogP contribution in [0.5, 0.6) is 11.5 Å². The lowest BCUT2D eigenvalue weighted by Crippen LogP contribution is -2.20. The molecule has 0 aliphatic heterocycles. The molecule has 1 aromatic heterocycles. The first-order chi connectivity index (χ1) is 12.7. The summed E-state index contributed by atoms with van der Waals surface area (Å²) in [6.45, 7) is 9.18. The quantitative estimate of drug-likeness (QED) is 0.548. The van der Waals surface area contributed by atoms with Gasteiger partial charge in [0.05, 0.1) is 11.0 Å². The molecule has 5 nitrogen and oxygen atoms in total. The second kappa shape index (κ2) is 8.92. The number of benzene rings is 2. The predicted octanol–water partition coefficient (Wildman–Crippen LogP) is 3.31. The van der Waals surface area contributed by atoms with Gasteiger partial charge >= 0.3 is 0 Å². The van der Waals surface area contributed by atoms with Crippen LogP contribution in [0.1, 0.15) is 13.8 Å². The molecule has 0 unspecified atom stereocenters. The van der Waals surface area contributed by atoms with Crippen LogP contribution >= 0.6 is 0 Å². The van der Waals surface area contributed by atoms with Gasteiger partial charge in [-0.15, -0.1) is 0 Å². The minimum Gasteiger partial charge on any atom is -0.492 e. The molecule has 0 bridgehead atoms. The van der Waals surface area contributed by atoms with Crippen molar-refractivity contribution >= 4 is 21.8 Å². The molecule has 3 aromatic rings. The molecule has 0 amide bonds. The smallest absolute Gasteiger partial charge is 0.121 e. The van der Waals surface area contributed by atoms with Gasteiger partial charge in [-0.25, -0.2) is 0 Å². The molecule has 0 spiro atoms. The largest absolute Gasteiger partial charge is 0.492 e. The molecular weight excluding hydrogens is 326 g/mol. The van der Waals surface area contributed by atoms with E-state index in [2.05, 4.69) is 72.5 Å². The number of nitrogens with zero attached hydrogens (tertiary/aromatic N) is 1. The van der Waals surface area contributed by atoms with E-state index in [1.54, 1.807) is 0 Å². The highest BCUT2D eigenvalue weighted by Gasteiger charge is 2.10. The summed E-state index contributed by atoms with van der Waals surface area (Å²) < 4.78 is 13.9. The number of nitrogens with one attached hydrogen (secondary N) is 2. The monoisotopic (exact) mass is 355 g/mol. The van der Waals surface area contributed by atoms with Crippen molar-refractivity contribution in [2.45, 2.75) is 13.8 Å². The second-order valence-corrected chi connectivity index (χ2v) is 6.32. The Hall–Kier alpha value is -2.24. The van der Waals surface area contributed by atoms with Gasteiger partial charge in [-0.2, -0.15) is 0 Å². The molecule has 0 fully saturated rings. The molecule has 1 heterocycles. The molecule has 26 heavy (non-hydrogen) atoms. The molecule has 0 aliphatic rings. The van der Waals surface area contributed by atoms with E-state index in [0.29, 0.717) is 13.2 Å². The van der Waals surface area contributed by atoms with Gasteiger partial charge in [0.15, 0.2) is 0 Å². The highest BCUT2D eigenvalue weighted by Crippen LogP contribution is 2.32. The van der Waals surface area contributed by atoms with Crippen molar-refractivity contribution in [3.63, 3.8) is 0 Å². The van der Waals surface area contributed by atoms with Crippen LogP contribution in [0.25, 0.3) is 21.8 Å². The lowest BCUT2D eigenvalue weighted by Gasteiger charge is -2.07. The van der Waals surface area contributed by atoms with Gasteiger partial charge in [-0.3, -0.25) is 0 Å². The third kappa shape index (κ3) is 4.11. The van der Waals surface area contributed by atoms with Crippen molar-refractivity contribution in [2.75, 3.05) is 39.4 Å². The number of aromatic nitrogens is 1. The van der Waals surface area contributed by atoms with Gasteiger partial charge in [-0.05, 0) is 37.4 Å². The van der Waals surface area contributed by atoms with Crippen LogP contribution in [0.15, 0.2) is 36.4 Å². The predicted molar refractivity (Wildman–Crippen MR) is 109 cm³/mol. The third-order valence-corrected chi connectivity index (χ3v) is 4.55. The number of hydrogen-bond donors (Lipinski definition) is 2. The molecule has 3 rings (SSSR count). The number of hydrogen-bond acceptors (Lipinski definition) is 4. The normalized spacial score (nSPS) is 11.3. The Morgan fingerprint density at radius 2 is 1.23 bits per heavy atom. The number of rotatable bonds is 10. The van der Waals surface area contributed by atoms with Crippen LogP contribution < -0.4 is 20.1 Å². The molecule has 2 N–H and O–H groups in total. The standard InChI is InChI=1S/C21H29N3O2/c1-4-22-10-12-25-16-6-8-18-19-9-7-17(26-13-11-23-5-2)15-21(19)24(3)20(18)14-16/h6-9,14-15,22-23H,4-5,10-13H2,1-3H3. The first kappa shape index (κ1) is 18.5. The zero-order valence-corrected chi connectivity index (χ0v) is 16.0. The van der Waals surface area contributed by atoms with Crippen molar-refractivity contribution in [3.8, 4) is 11.5 Å². The summed E-state index contributed by atoms with van der Waals surface area (Å²) in [5, 5.41) is 9.02. The van der Waals surface area contributed by atoms with Crippen molar-refractivity contribution < 1.29 is 9.47 Å². The first-order valence-electron chi connectivity index (χ1n) is 9.43. The average molecular weight is 355 g/mol. The minimum atomic E-state index is 0.674. The lowest BCUT2D eigenvalue weighted by molar-refractivity contribution is 0.316. The van der Waals surface area contributed by atoms with E-state index in [9.17, 15) is 0 Å². The van der Waals surface area contributed by atoms with Crippen LogP contribution in [0, 0.1) is 0 Å². The topological polar surface area (TPSA) is 47.4 Å². The number of fused-ring (bicyclic) bond motifs is 3. The maximum atomic E-state index is 5.86. The fourth-order valence-electron chi connectivity index (χ4n) is 3.18. The SMILES string of the molecule is CCNCCOc1ccc2c3ccc(OCCNCC)cc3n(C)c2c1. The number of ether oxygens (including phenoxy) is 2. The highest BCUT2D eigenvalue weighted by atomic mass is 16.5. The molecule has 5 heteroatoms. The first-order valence-corrected chi connectivity index (χ1v) is 9.43. The van der Waals surface area contributed by atoms with E-state index in [-0.39, 0.29) is 0 Å². The van der Waals surface area contributed by atoms with Crippen LogP contribution in [0.4, 0.5) is 0 Å². The van der Waals surface area contributed by atoms with Crippen LogP contribution in [0.3, 0.4) is 0 Å². The molecule has 140 valence electrons. The summed E-state index contributed by atoms with van der Waals surface area (Å²) in [6.07, 6.45) is 0. The highest BCUT2D eigenvalue weighted by molar-refractivity contribution is 6.08. The van der Waals surface area contributed by atoms with E-state index < -0.39 is 0 Å². The zero-order valence-electron chi connectivity index (χ0n) is 16.0. The maximum absolute atomic E-state index is 5.86. The lowest BCUT2D eigenvalue weighted by atomic mass is 10.1. The third-order valence-electron chi connectivity index (χ3n) is 4.55. The van der Waals surface area contributed by atoms with Crippen molar-refractivity contribution in [3.05, 3.63) is 36.4 Å². The Balaban J connectivity index is 1.81. The molecule has 0 radical (unpaired) electrons. The van der Waals surface area contributed by atoms with Gasteiger partial charge in [0, 0.05) is 43.0 Å². The van der Waals surface area contributed by atoms with Crippen LogP contribution in [-0.2, 0) is 7.05 Å². The minimum absolute atomic E-state index is 0.674. The van der Waals surface area contributed by atoms with E-state index in [4.69, 9.17) is 9.47 Å². The Bertz CT molecular complexity index is 788. The van der Waals surface area contributed by atoms with E-state index in [1.165, 1.54) is 21.8 Å². The summed E-state index contributed by atoms with van der Waals surface area (Å²) in [5.74, 6) is 1.81. The zero-order chi connectivity index (χ0) is 18.4. The van der Waals surface area contributed by atoms with Crippen molar-refractivity contribution in [1.29, 1.82) is 0 Å². The molecule has 0 saturated carbocycles. The summed E-state index contributed by atoms with van der Waals surface area (Å²) in [7, 11) is 2.09. The van der Waals surface area contributed by atoms with E-state index in [0.717, 1.165) is 37.7 Å². The van der Waals surface area contributed by atoms with Gasteiger partial charge in [0.25, 0.3) is 0 Å². The Morgan fingerprint density at radius 1 is 0.769 bits per heavy atom. The second-order valence-electron chi connectivity index (χ2n) is 6.32. The molecule has 2 aromatic carbocycles. The fraction of sp³-hybridized carbons (Fsp3) is 0.429. The summed E-state index contributed by atoms with van der Waals surface area (Å²) >= 11 is 0. The Labute approximate surface area is 155 Å². The summed E-state index contributed by atoms with van der Waals surface area (Å²) in [5.41, 5.74) is 2.34. The molecule has 0 atom stereocenters. The summed E-state index contributed by atoms with van der Waals surface area (Å²) in [4.78, 5) is 0. The van der Waals surface area contributed by atoms with Crippen molar-refractivity contribution in [2.24, 2.45) is 7.05 Å². The van der Waals surface area contributed by atoms with E-state index in [1.807, 2.05) is 0 Å². The Morgan fingerprint density at radius 3 is 1.65 bits per heavy atom. The molecule has 0 aliphatic carbocycles. The molecule has 0 saturated heterocycles. The average Bonchev–Trinajstić information content (AvgIpc) is 2.94. The van der Waals surface area contributed by atoms with Gasteiger partial charge in [0.2, 0.25) is 0 Å². The summed E-state index contributed by atoms with van der Waals surface area (Å²) in [6, 6.07) is 12.6. The van der Waals surface area contributed by atoms with Gasteiger partial charge in [0.1, 0.15) is 24.7 Å². The van der Waals surface area contributed by atoms with Crippen molar-refractivity contribution in [1.82, 2.24) is 15.2 Å². The van der Waals surface area contributed by atoms with Crippen LogP contribution in [-0.4, -0.2) is 44.0 Å². The molecular formula is C21H29N3O2. The van der Waals surface area contributed by atoms with E-state index >= 15 is 0 Å². The number of aryl methyl sites for hydroxylation is 1. The van der Waals surface area contributed by atoms with Crippen LogP contribution in [0.2, 0.25) is 0 Å². The van der Waals surface area contributed by atoms with Gasteiger partial charge < -0.3 is 24.7 Å².